The van der Waals surface area contributed by atoms with Gasteiger partial charge in [-0.05, 0) is 42.7 Å². The van der Waals surface area contributed by atoms with Crippen LogP contribution in [-0.2, 0) is 17.8 Å². The molecule has 3 rings (SSSR count). The van der Waals surface area contributed by atoms with Gasteiger partial charge in [0.25, 0.3) is 0 Å². The number of aryl methyl sites for hydroxylation is 2. The summed E-state index contributed by atoms with van der Waals surface area (Å²) in [6.45, 7) is 3.91. The Morgan fingerprint density at radius 3 is 2.65 bits per heavy atom. The van der Waals surface area contributed by atoms with Crippen molar-refractivity contribution in [3.8, 4) is 5.75 Å². The quantitative estimate of drug-likeness (QED) is 0.512. The van der Waals surface area contributed by atoms with Crippen molar-refractivity contribution in [2.24, 2.45) is 0 Å². The van der Waals surface area contributed by atoms with Crippen molar-refractivity contribution >= 4 is 16.9 Å². The molecule has 1 heterocycles. The first-order valence-corrected chi connectivity index (χ1v) is 8.39. The minimum absolute atomic E-state index is 0.0113. The molecule has 0 atom stereocenters. The zero-order chi connectivity index (χ0) is 18.7. The summed E-state index contributed by atoms with van der Waals surface area (Å²) in [6.07, 6.45) is 0.841. The summed E-state index contributed by atoms with van der Waals surface area (Å²) in [4.78, 5) is 24.2. The highest BCUT2D eigenvalue weighted by atomic mass is 16.5. The first-order valence-electron chi connectivity index (χ1n) is 8.39. The molecule has 0 unspecified atom stereocenters. The summed E-state index contributed by atoms with van der Waals surface area (Å²) < 4.78 is 15.9. The molecule has 0 bridgehead atoms. The van der Waals surface area contributed by atoms with Crippen LogP contribution in [0.15, 0.2) is 51.7 Å². The van der Waals surface area contributed by atoms with Crippen LogP contribution in [0.25, 0.3) is 11.0 Å². The summed E-state index contributed by atoms with van der Waals surface area (Å²) in [5.74, 6) is 0.146. The van der Waals surface area contributed by atoms with Crippen LogP contribution in [0, 0.1) is 6.92 Å². The molecule has 0 aliphatic rings. The number of fused-ring (bicyclic) bond motifs is 1. The summed E-state index contributed by atoms with van der Waals surface area (Å²) in [5.41, 5.74) is 3.05. The molecule has 0 saturated carbocycles. The number of hydrogen-bond acceptors (Lipinski definition) is 5. The van der Waals surface area contributed by atoms with Crippen LogP contribution in [0.3, 0.4) is 0 Å². The predicted molar refractivity (Wildman–Crippen MR) is 98.7 cm³/mol. The number of ether oxygens (including phenoxy) is 2. The molecule has 0 spiro atoms. The second-order valence-corrected chi connectivity index (χ2v) is 6.04. The van der Waals surface area contributed by atoms with Crippen LogP contribution in [0.1, 0.15) is 34.0 Å². The van der Waals surface area contributed by atoms with Gasteiger partial charge >= 0.3 is 11.6 Å². The van der Waals surface area contributed by atoms with E-state index in [9.17, 15) is 9.59 Å². The van der Waals surface area contributed by atoms with Crippen LogP contribution in [0.5, 0.6) is 5.75 Å². The Labute approximate surface area is 151 Å². The molecule has 134 valence electrons. The molecule has 3 aromatic rings. The van der Waals surface area contributed by atoms with Crippen molar-refractivity contribution in [3.05, 3.63) is 75.1 Å². The highest BCUT2D eigenvalue weighted by Crippen LogP contribution is 2.22. The van der Waals surface area contributed by atoms with E-state index in [1.165, 1.54) is 6.07 Å². The van der Waals surface area contributed by atoms with Crippen LogP contribution in [-0.4, -0.2) is 13.1 Å². The van der Waals surface area contributed by atoms with E-state index in [0.29, 0.717) is 22.5 Å². The lowest BCUT2D eigenvalue weighted by Gasteiger charge is -2.10. The fourth-order valence-electron chi connectivity index (χ4n) is 2.79. The van der Waals surface area contributed by atoms with Gasteiger partial charge in [0.2, 0.25) is 0 Å². The van der Waals surface area contributed by atoms with E-state index in [-0.39, 0.29) is 6.61 Å². The van der Waals surface area contributed by atoms with E-state index in [4.69, 9.17) is 13.9 Å². The maximum atomic E-state index is 12.3. The highest BCUT2D eigenvalue weighted by Gasteiger charge is 2.12. The Hall–Kier alpha value is -3.08. The summed E-state index contributed by atoms with van der Waals surface area (Å²) >= 11 is 0. The fourth-order valence-corrected chi connectivity index (χ4v) is 2.79. The second kappa shape index (κ2) is 7.44. The molecule has 0 saturated heterocycles. The number of methoxy groups -OCH3 is 1. The Kier molecular flexibility index (Phi) is 5.07. The molecule has 0 fully saturated rings. The third kappa shape index (κ3) is 3.61. The molecule has 0 aliphatic carbocycles. The molecule has 26 heavy (non-hydrogen) atoms. The third-order valence-corrected chi connectivity index (χ3v) is 4.31. The first-order chi connectivity index (χ1) is 12.5. The molecular formula is C21H20O5. The van der Waals surface area contributed by atoms with E-state index >= 15 is 0 Å². The van der Waals surface area contributed by atoms with Crippen molar-refractivity contribution in [3.63, 3.8) is 0 Å². The average Bonchev–Trinajstić information content (AvgIpc) is 2.65. The van der Waals surface area contributed by atoms with E-state index in [2.05, 4.69) is 0 Å². The number of rotatable bonds is 5. The van der Waals surface area contributed by atoms with Gasteiger partial charge < -0.3 is 13.9 Å². The predicted octanol–water partition coefficient (Wildman–Crippen LogP) is 4.03. The van der Waals surface area contributed by atoms with Gasteiger partial charge in [-0.2, -0.15) is 0 Å². The van der Waals surface area contributed by atoms with Crippen LogP contribution < -0.4 is 10.4 Å². The molecule has 2 aromatic carbocycles. The number of benzene rings is 2. The van der Waals surface area contributed by atoms with Crippen molar-refractivity contribution in [2.45, 2.75) is 26.9 Å². The fraction of sp³-hybridized carbons (Fsp3) is 0.238. The maximum Gasteiger partial charge on any atom is 0.338 e. The van der Waals surface area contributed by atoms with Crippen molar-refractivity contribution in [1.82, 2.24) is 0 Å². The van der Waals surface area contributed by atoms with E-state index < -0.39 is 11.6 Å². The van der Waals surface area contributed by atoms with Crippen LogP contribution >= 0.6 is 0 Å². The van der Waals surface area contributed by atoms with Crippen LogP contribution in [0.2, 0.25) is 0 Å². The first kappa shape index (κ1) is 17.7. The molecule has 0 aliphatic heterocycles. The normalized spacial score (nSPS) is 10.7. The van der Waals surface area contributed by atoms with Gasteiger partial charge in [-0.3, -0.25) is 0 Å². The van der Waals surface area contributed by atoms with Gasteiger partial charge in [-0.1, -0.05) is 25.1 Å². The molecule has 0 radical (unpaired) electrons. The zero-order valence-corrected chi connectivity index (χ0v) is 15.0. The number of esters is 1. The molecular weight excluding hydrogens is 332 g/mol. The number of hydrogen-bond donors (Lipinski definition) is 0. The highest BCUT2D eigenvalue weighted by molar-refractivity contribution is 5.90. The lowest BCUT2D eigenvalue weighted by molar-refractivity contribution is 0.0473. The van der Waals surface area contributed by atoms with E-state index in [1.54, 1.807) is 25.3 Å². The lowest BCUT2D eigenvalue weighted by Crippen LogP contribution is -2.08. The molecule has 1 aromatic heterocycles. The standard InChI is InChI=1S/C21H20O5/c1-4-14-6-8-17-16(11-20(22)26-19(17)9-14)12-25-21(23)15-7-5-13(2)18(10-15)24-3/h5-11H,4,12H2,1-3H3. The van der Waals surface area contributed by atoms with Gasteiger partial charge in [-0.15, -0.1) is 0 Å². The van der Waals surface area contributed by atoms with E-state index in [1.807, 2.05) is 32.0 Å². The average molecular weight is 352 g/mol. The largest absolute Gasteiger partial charge is 0.496 e. The Bertz CT molecular complexity index is 1020. The Morgan fingerprint density at radius 2 is 1.92 bits per heavy atom. The zero-order valence-electron chi connectivity index (χ0n) is 15.0. The maximum absolute atomic E-state index is 12.3. The lowest BCUT2D eigenvalue weighted by atomic mass is 10.1. The number of carbonyl (C=O) groups is 1. The topological polar surface area (TPSA) is 65.7 Å². The van der Waals surface area contributed by atoms with Crippen molar-refractivity contribution in [1.29, 1.82) is 0 Å². The minimum Gasteiger partial charge on any atom is -0.496 e. The van der Waals surface area contributed by atoms with E-state index in [0.717, 1.165) is 22.9 Å². The SMILES string of the molecule is CCc1ccc2c(COC(=O)c3ccc(C)c(OC)c3)cc(=O)oc2c1. The van der Waals surface area contributed by atoms with Gasteiger partial charge in [-0.25, -0.2) is 9.59 Å². The summed E-state index contributed by atoms with van der Waals surface area (Å²) in [7, 11) is 1.55. The Morgan fingerprint density at radius 1 is 1.12 bits per heavy atom. The van der Waals surface area contributed by atoms with Gasteiger partial charge in [0.05, 0.1) is 12.7 Å². The number of carbonyl (C=O) groups excluding carboxylic acids is 1. The molecule has 5 nitrogen and oxygen atoms in total. The van der Waals surface area contributed by atoms with Crippen molar-refractivity contribution in [2.75, 3.05) is 7.11 Å². The minimum atomic E-state index is -0.477. The van der Waals surface area contributed by atoms with Gasteiger partial charge in [0.15, 0.2) is 0 Å². The second-order valence-electron chi connectivity index (χ2n) is 6.04. The van der Waals surface area contributed by atoms with Gasteiger partial charge in [0, 0.05) is 17.0 Å². The Balaban J connectivity index is 1.85. The van der Waals surface area contributed by atoms with Crippen molar-refractivity contribution < 1.29 is 18.7 Å². The monoisotopic (exact) mass is 352 g/mol. The molecule has 5 heteroatoms. The smallest absolute Gasteiger partial charge is 0.338 e. The summed E-state index contributed by atoms with van der Waals surface area (Å²) in [5, 5.41) is 0.760. The third-order valence-electron chi connectivity index (χ3n) is 4.31. The molecule has 0 N–H and O–H groups in total. The van der Waals surface area contributed by atoms with Gasteiger partial charge in [0.1, 0.15) is 17.9 Å². The molecule has 0 amide bonds. The van der Waals surface area contributed by atoms with Crippen LogP contribution in [0.4, 0.5) is 0 Å². The summed E-state index contributed by atoms with van der Waals surface area (Å²) in [6, 6.07) is 12.2.